The normalized spacial score (nSPS) is 24.3. The molecular formula is C15H14BrNO2S2. The van der Waals surface area contributed by atoms with Gasteiger partial charge in [0.15, 0.2) is 0 Å². The minimum absolute atomic E-state index is 0.0134. The summed E-state index contributed by atoms with van der Waals surface area (Å²) in [6.45, 7) is 1.35. The number of halogens is 1. The van der Waals surface area contributed by atoms with Crippen LogP contribution in [-0.2, 0) is 9.53 Å². The number of thioether (sulfide) groups is 1. The number of nitrogens with zero attached hydrogens (tertiary/aromatic N) is 1. The van der Waals surface area contributed by atoms with E-state index in [0.717, 1.165) is 29.5 Å². The molecule has 2 heterocycles. The fourth-order valence-electron chi connectivity index (χ4n) is 2.40. The van der Waals surface area contributed by atoms with Crippen molar-refractivity contribution in [3.63, 3.8) is 0 Å². The molecule has 2 fully saturated rings. The first-order valence-electron chi connectivity index (χ1n) is 6.76. The molecule has 0 radical (unpaired) electrons. The third kappa shape index (κ3) is 3.56. The molecule has 0 aromatic heterocycles. The first kappa shape index (κ1) is 15.2. The molecule has 6 heteroatoms. The zero-order valence-electron chi connectivity index (χ0n) is 11.3. The van der Waals surface area contributed by atoms with E-state index in [1.807, 2.05) is 30.3 Å². The Morgan fingerprint density at radius 3 is 3.10 bits per heavy atom. The third-order valence-corrected chi connectivity index (χ3v) is 5.30. The van der Waals surface area contributed by atoms with E-state index < -0.39 is 0 Å². The number of hydrogen-bond donors (Lipinski definition) is 0. The Labute approximate surface area is 141 Å². The maximum absolute atomic E-state index is 12.5. The van der Waals surface area contributed by atoms with Crippen molar-refractivity contribution in [3.05, 3.63) is 39.2 Å². The first-order chi connectivity index (χ1) is 10.1. The second kappa shape index (κ2) is 6.60. The summed E-state index contributed by atoms with van der Waals surface area (Å²) >= 11 is 10.1. The Morgan fingerprint density at radius 1 is 1.52 bits per heavy atom. The fraction of sp³-hybridized carbons (Fsp3) is 0.333. The largest absolute Gasteiger partial charge is 0.376 e. The molecule has 2 saturated heterocycles. The summed E-state index contributed by atoms with van der Waals surface area (Å²) in [6, 6.07) is 7.85. The van der Waals surface area contributed by atoms with Crippen molar-refractivity contribution in [2.45, 2.75) is 18.9 Å². The van der Waals surface area contributed by atoms with Crippen molar-refractivity contribution in [1.29, 1.82) is 0 Å². The van der Waals surface area contributed by atoms with Gasteiger partial charge in [-0.1, -0.05) is 52.0 Å². The molecule has 0 bridgehead atoms. The van der Waals surface area contributed by atoms with E-state index in [1.165, 1.54) is 11.8 Å². The highest BCUT2D eigenvalue weighted by Crippen LogP contribution is 2.33. The molecule has 1 aromatic rings. The van der Waals surface area contributed by atoms with Crippen LogP contribution in [0.25, 0.3) is 6.08 Å². The van der Waals surface area contributed by atoms with Gasteiger partial charge in [-0.2, -0.15) is 0 Å². The van der Waals surface area contributed by atoms with Gasteiger partial charge in [0.1, 0.15) is 4.32 Å². The average Bonchev–Trinajstić information content (AvgIpc) is 3.04. The average molecular weight is 384 g/mol. The second-order valence-electron chi connectivity index (χ2n) is 4.98. The summed E-state index contributed by atoms with van der Waals surface area (Å²) in [5.74, 6) is -0.0134. The highest BCUT2D eigenvalue weighted by Gasteiger charge is 2.34. The molecule has 21 heavy (non-hydrogen) atoms. The number of thiocarbonyl (C=S) groups is 1. The number of hydrogen-bond acceptors (Lipinski definition) is 4. The van der Waals surface area contributed by atoms with Crippen molar-refractivity contribution < 1.29 is 9.53 Å². The van der Waals surface area contributed by atoms with Crippen molar-refractivity contribution in [2.24, 2.45) is 0 Å². The highest BCUT2D eigenvalue weighted by atomic mass is 79.9. The van der Waals surface area contributed by atoms with Crippen molar-refractivity contribution in [2.75, 3.05) is 13.2 Å². The van der Waals surface area contributed by atoms with Crippen LogP contribution in [0.4, 0.5) is 0 Å². The van der Waals surface area contributed by atoms with Gasteiger partial charge in [0.25, 0.3) is 5.91 Å². The molecule has 1 atom stereocenters. The Kier molecular flexibility index (Phi) is 4.78. The van der Waals surface area contributed by atoms with Crippen LogP contribution in [0.3, 0.4) is 0 Å². The number of amides is 1. The Morgan fingerprint density at radius 2 is 2.38 bits per heavy atom. The summed E-state index contributed by atoms with van der Waals surface area (Å²) in [6.07, 6.45) is 4.08. The van der Waals surface area contributed by atoms with Gasteiger partial charge < -0.3 is 4.74 Å². The van der Waals surface area contributed by atoms with Gasteiger partial charge in [-0.05, 0) is 36.6 Å². The number of rotatable bonds is 3. The Hall–Kier alpha value is -0.690. The molecule has 0 spiro atoms. The minimum atomic E-state index is -0.0134. The SMILES string of the molecule is O=C1/C(=C/c2cccc(Br)c2)SC(=S)N1C[C@@H]1CCCO1. The zero-order valence-corrected chi connectivity index (χ0v) is 14.5. The summed E-state index contributed by atoms with van der Waals surface area (Å²) in [5, 5.41) is 0. The van der Waals surface area contributed by atoms with E-state index in [0.29, 0.717) is 15.8 Å². The third-order valence-electron chi connectivity index (χ3n) is 3.43. The van der Waals surface area contributed by atoms with Crippen LogP contribution >= 0.6 is 39.9 Å². The molecule has 0 saturated carbocycles. The lowest BCUT2D eigenvalue weighted by atomic mass is 10.2. The lowest BCUT2D eigenvalue weighted by Crippen LogP contribution is -2.35. The quantitative estimate of drug-likeness (QED) is 0.585. The molecule has 0 aliphatic carbocycles. The van der Waals surface area contributed by atoms with Crippen LogP contribution in [-0.4, -0.2) is 34.4 Å². The molecule has 1 aromatic carbocycles. The van der Waals surface area contributed by atoms with Gasteiger partial charge in [0.05, 0.1) is 17.6 Å². The van der Waals surface area contributed by atoms with Crippen molar-refractivity contribution in [1.82, 2.24) is 4.90 Å². The molecule has 1 amide bonds. The standard InChI is InChI=1S/C15H14BrNO2S2/c16-11-4-1-3-10(7-11)8-13-14(18)17(15(20)21-13)9-12-5-2-6-19-12/h1,3-4,7-8,12H,2,5-6,9H2/b13-8-/t12-/m0/s1. The fourth-order valence-corrected chi connectivity index (χ4v) is 4.09. The van der Waals surface area contributed by atoms with Crippen LogP contribution in [0.1, 0.15) is 18.4 Å². The monoisotopic (exact) mass is 383 g/mol. The molecular weight excluding hydrogens is 370 g/mol. The number of benzene rings is 1. The zero-order chi connectivity index (χ0) is 14.8. The van der Waals surface area contributed by atoms with Gasteiger partial charge in [-0.15, -0.1) is 0 Å². The van der Waals surface area contributed by atoms with Gasteiger partial charge >= 0.3 is 0 Å². The summed E-state index contributed by atoms with van der Waals surface area (Å²) in [4.78, 5) is 14.8. The van der Waals surface area contributed by atoms with Crippen LogP contribution in [0, 0.1) is 0 Å². The van der Waals surface area contributed by atoms with Gasteiger partial charge in [-0.25, -0.2) is 0 Å². The molecule has 110 valence electrons. The summed E-state index contributed by atoms with van der Waals surface area (Å²) in [5.41, 5.74) is 0.988. The van der Waals surface area contributed by atoms with Crippen LogP contribution in [0.15, 0.2) is 33.6 Å². The van der Waals surface area contributed by atoms with E-state index in [1.54, 1.807) is 4.90 Å². The molecule has 2 aliphatic heterocycles. The van der Waals surface area contributed by atoms with Gasteiger partial charge in [-0.3, -0.25) is 9.69 Å². The van der Waals surface area contributed by atoms with Gasteiger partial charge in [0.2, 0.25) is 0 Å². The number of carbonyl (C=O) groups excluding carboxylic acids is 1. The Bertz CT molecular complexity index is 611. The predicted octanol–water partition coefficient (Wildman–Crippen LogP) is 3.83. The highest BCUT2D eigenvalue weighted by molar-refractivity contribution is 9.10. The van der Waals surface area contributed by atoms with E-state index in [9.17, 15) is 4.79 Å². The number of ether oxygens (including phenoxy) is 1. The molecule has 0 unspecified atom stereocenters. The van der Waals surface area contributed by atoms with Crippen molar-refractivity contribution in [3.8, 4) is 0 Å². The van der Waals surface area contributed by atoms with E-state index in [2.05, 4.69) is 15.9 Å². The van der Waals surface area contributed by atoms with Crippen LogP contribution in [0.2, 0.25) is 0 Å². The van der Waals surface area contributed by atoms with E-state index in [4.69, 9.17) is 17.0 Å². The maximum Gasteiger partial charge on any atom is 0.266 e. The lowest BCUT2D eigenvalue weighted by Gasteiger charge is -2.18. The lowest BCUT2D eigenvalue weighted by molar-refractivity contribution is -0.123. The second-order valence-corrected chi connectivity index (χ2v) is 7.57. The van der Waals surface area contributed by atoms with E-state index in [-0.39, 0.29) is 12.0 Å². The predicted molar refractivity (Wildman–Crippen MR) is 93.0 cm³/mol. The van der Waals surface area contributed by atoms with Crippen molar-refractivity contribution >= 4 is 56.2 Å². The smallest absolute Gasteiger partial charge is 0.266 e. The summed E-state index contributed by atoms with van der Waals surface area (Å²) in [7, 11) is 0. The first-order valence-corrected chi connectivity index (χ1v) is 8.78. The summed E-state index contributed by atoms with van der Waals surface area (Å²) < 4.78 is 7.21. The maximum atomic E-state index is 12.5. The number of carbonyl (C=O) groups is 1. The molecule has 0 N–H and O–H groups in total. The topological polar surface area (TPSA) is 29.5 Å². The minimum Gasteiger partial charge on any atom is -0.376 e. The molecule has 3 nitrogen and oxygen atoms in total. The Balaban J connectivity index is 1.76. The van der Waals surface area contributed by atoms with Crippen LogP contribution in [0.5, 0.6) is 0 Å². The molecule has 2 aliphatic rings. The van der Waals surface area contributed by atoms with E-state index >= 15 is 0 Å². The van der Waals surface area contributed by atoms with Crippen LogP contribution < -0.4 is 0 Å². The van der Waals surface area contributed by atoms with Gasteiger partial charge in [0, 0.05) is 11.1 Å². The molecule has 3 rings (SSSR count).